The van der Waals surface area contributed by atoms with Crippen LogP contribution in [0.15, 0.2) is 42.5 Å². The van der Waals surface area contributed by atoms with Gasteiger partial charge >= 0.3 is 6.18 Å². The van der Waals surface area contributed by atoms with Crippen molar-refractivity contribution in [3.8, 4) is 0 Å². The van der Waals surface area contributed by atoms with Crippen LogP contribution in [-0.2, 0) is 12.7 Å². The summed E-state index contributed by atoms with van der Waals surface area (Å²) < 4.78 is 38.1. The number of alkyl halides is 3. The normalized spacial score (nSPS) is 11.4. The zero-order valence-corrected chi connectivity index (χ0v) is 9.98. The maximum Gasteiger partial charge on any atom is 0.433 e. The highest BCUT2D eigenvalue weighted by Crippen LogP contribution is 2.27. The predicted octanol–water partition coefficient (Wildman–Crippen LogP) is 1.21. The largest absolute Gasteiger partial charge is 0.433 e. The van der Waals surface area contributed by atoms with Gasteiger partial charge in [-0.05, 0) is 17.7 Å². The highest BCUT2D eigenvalue weighted by Gasteiger charge is 2.33. The summed E-state index contributed by atoms with van der Waals surface area (Å²) in [5.41, 5.74) is 5.94. The van der Waals surface area contributed by atoms with E-state index in [2.05, 4.69) is 4.98 Å². The van der Waals surface area contributed by atoms with E-state index in [1.807, 2.05) is 18.2 Å². The Bertz CT molecular complexity index is 556. The van der Waals surface area contributed by atoms with E-state index in [0.717, 1.165) is 11.5 Å². The van der Waals surface area contributed by atoms with Gasteiger partial charge in [0, 0.05) is 12.1 Å². The Labute approximate surface area is 109 Å². The lowest BCUT2D eigenvalue weighted by Gasteiger charge is -2.10. The minimum atomic E-state index is -4.47. The lowest BCUT2D eigenvalue weighted by molar-refractivity contribution is -0.141. The molecule has 0 aliphatic carbocycles. The van der Waals surface area contributed by atoms with Gasteiger partial charge in [-0.2, -0.15) is 13.2 Å². The molecule has 2 rings (SSSR count). The van der Waals surface area contributed by atoms with Crippen molar-refractivity contribution in [2.24, 2.45) is 5.73 Å². The molecule has 97 valence electrons. The van der Waals surface area contributed by atoms with Crippen molar-refractivity contribution in [1.29, 1.82) is 0 Å². The molecule has 0 aliphatic heterocycles. The highest BCUT2D eigenvalue weighted by molar-refractivity contribution is 6.66. The van der Waals surface area contributed by atoms with Crippen LogP contribution in [-0.4, -0.2) is 12.3 Å². The maximum atomic E-state index is 12.7. The molecule has 0 fully saturated rings. The summed E-state index contributed by atoms with van der Waals surface area (Å²) in [7, 11) is 1.59. The summed E-state index contributed by atoms with van der Waals surface area (Å²) in [5, 5.41) is 0. The summed E-state index contributed by atoms with van der Waals surface area (Å²) in [6.07, 6.45) is -4.47. The molecule has 0 aliphatic rings. The summed E-state index contributed by atoms with van der Waals surface area (Å²) in [6, 6.07) is 11.6. The van der Waals surface area contributed by atoms with Crippen LogP contribution < -0.4 is 16.8 Å². The van der Waals surface area contributed by atoms with E-state index in [4.69, 9.17) is 5.73 Å². The van der Waals surface area contributed by atoms with Crippen molar-refractivity contribution in [1.82, 2.24) is 4.98 Å². The molecular weight excluding hydrogens is 252 g/mol. The molecule has 1 heterocycles. The second-order valence-corrected chi connectivity index (χ2v) is 4.04. The molecule has 1 radical (unpaired) electrons. The maximum absolute atomic E-state index is 12.7. The van der Waals surface area contributed by atoms with Gasteiger partial charge in [0.1, 0.15) is 5.69 Å². The van der Waals surface area contributed by atoms with Gasteiger partial charge in [-0.3, -0.25) is 4.98 Å². The monoisotopic (exact) mass is 263 g/mol. The van der Waals surface area contributed by atoms with E-state index in [0.29, 0.717) is 5.56 Å². The van der Waals surface area contributed by atoms with E-state index in [-0.39, 0.29) is 12.1 Å². The van der Waals surface area contributed by atoms with Crippen molar-refractivity contribution in [3.05, 3.63) is 53.7 Å². The SMILES string of the molecule is NCc1cc([B]c2ccccc2)nc(C(F)(F)F)c1. The predicted molar refractivity (Wildman–Crippen MR) is 68.6 cm³/mol. The first-order valence-electron chi connectivity index (χ1n) is 5.67. The zero-order chi connectivity index (χ0) is 13.9. The molecule has 19 heavy (non-hydrogen) atoms. The zero-order valence-electron chi connectivity index (χ0n) is 9.98. The molecular formula is C13H11BF3N2. The average molecular weight is 263 g/mol. The van der Waals surface area contributed by atoms with Crippen LogP contribution in [0.4, 0.5) is 13.2 Å². The Morgan fingerprint density at radius 1 is 1.11 bits per heavy atom. The molecule has 0 saturated heterocycles. The van der Waals surface area contributed by atoms with Crippen LogP contribution in [0.25, 0.3) is 0 Å². The Hall–Kier alpha value is -1.82. The van der Waals surface area contributed by atoms with Gasteiger partial charge in [0.25, 0.3) is 0 Å². The van der Waals surface area contributed by atoms with E-state index in [1.54, 1.807) is 25.5 Å². The van der Waals surface area contributed by atoms with Gasteiger partial charge in [0.2, 0.25) is 7.28 Å². The third-order valence-electron chi connectivity index (χ3n) is 2.55. The molecule has 0 bridgehead atoms. The Balaban J connectivity index is 2.35. The quantitative estimate of drug-likeness (QED) is 0.845. The van der Waals surface area contributed by atoms with E-state index in [1.165, 1.54) is 0 Å². The van der Waals surface area contributed by atoms with Gasteiger partial charge in [-0.25, -0.2) is 0 Å². The second-order valence-electron chi connectivity index (χ2n) is 4.04. The molecule has 2 N–H and O–H groups in total. The number of nitrogens with zero attached hydrogens (tertiary/aromatic N) is 1. The van der Waals surface area contributed by atoms with Crippen molar-refractivity contribution < 1.29 is 13.2 Å². The van der Waals surface area contributed by atoms with Crippen LogP contribution in [0.1, 0.15) is 11.3 Å². The molecule has 0 unspecified atom stereocenters. The third-order valence-corrected chi connectivity index (χ3v) is 2.55. The minimum Gasteiger partial charge on any atom is -0.326 e. The average Bonchev–Trinajstić information content (AvgIpc) is 2.38. The fraction of sp³-hybridized carbons (Fsp3) is 0.154. The Morgan fingerprint density at radius 3 is 2.37 bits per heavy atom. The lowest BCUT2D eigenvalue weighted by Crippen LogP contribution is -2.32. The fourth-order valence-electron chi connectivity index (χ4n) is 1.67. The first-order chi connectivity index (χ1) is 8.99. The van der Waals surface area contributed by atoms with Crippen molar-refractivity contribution in [2.45, 2.75) is 12.7 Å². The van der Waals surface area contributed by atoms with Gasteiger partial charge < -0.3 is 5.73 Å². The van der Waals surface area contributed by atoms with Crippen LogP contribution in [0.3, 0.4) is 0 Å². The van der Waals surface area contributed by atoms with Gasteiger partial charge in [0.15, 0.2) is 0 Å². The summed E-state index contributed by atoms with van der Waals surface area (Å²) in [4.78, 5) is 3.61. The minimum absolute atomic E-state index is 0.0429. The number of nitrogens with two attached hydrogens (primary N) is 1. The Kier molecular flexibility index (Phi) is 3.90. The van der Waals surface area contributed by atoms with Gasteiger partial charge in [-0.1, -0.05) is 35.8 Å². The van der Waals surface area contributed by atoms with E-state index >= 15 is 0 Å². The molecule has 0 atom stereocenters. The molecule has 6 heteroatoms. The summed E-state index contributed by atoms with van der Waals surface area (Å²) in [5.74, 6) is 0. The van der Waals surface area contributed by atoms with Crippen LogP contribution in [0.5, 0.6) is 0 Å². The van der Waals surface area contributed by atoms with E-state index in [9.17, 15) is 13.2 Å². The molecule has 0 saturated carbocycles. The molecule has 1 aromatic carbocycles. The number of aromatic nitrogens is 1. The summed E-state index contributed by atoms with van der Waals surface area (Å²) in [6.45, 7) is 0.0429. The molecule has 0 amide bonds. The third kappa shape index (κ3) is 3.57. The molecule has 2 aromatic rings. The highest BCUT2D eigenvalue weighted by atomic mass is 19.4. The van der Waals surface area contributed by atoms with Crippen molar-refractivity contribution in [3.63, 3.8) is 0 Å². The van der Waals surface area contributed by atoms with E-state index < -0.39 is 11.9 Å². The van der Waals surface area contributed by atoms with Crippen LogP contribution in [0, 0.1) is 0 Å². The number of rotatable bonds is 3. The van der Waals surface area contributed by atoms with Crippen molar-refractivity contribution >= 4 is 18.3 Å². The van der Waals surface area contributed by atoms with Gasteiger partial charge in [0.05, 0.1) is 0 Å². The number of halogens is 3. The lowest BCUT2D eigenvalue weighted by atomic mass is 9.66. The molecule has 2 nitrogen and oxygen atoms in total. The topological polar surface area (TPSA) is 38.9 Å². The standard InChI is InChI=1S/C13H11BF3N2/c15-13(16,17)11-6-9(8-18)7-12(19-11)14-10-4-2-1-3-5-10/h1-7H,8,18H2. The summed E-state index contributed by atoms with van der Waals surface area (Å²) >= 11 is 0. The number of hydrogen-bond acceptors (Lipinski definition) is 2. The Morgan fingerprint density at radius 2 is 1.79 bits per heavy atom. The van der Waals surface area contributed by atoms with Crippen LogP contribution >= 0.6 is 0 Å². The van der Waals surface area contributed by atoms with Crippen LogP contribution in [0.2, 0.25) is 0 Å². The molecule has 1 aromatic heterocycles. The molecule has 0 spiro atoms. The first-order valence-corrected chi connectivity index (χ1v) is 5.67. The first kappa shape index (κ1) is 13.6. The van der Waals surface area contributed by atoms with Gasteiger partial charge in [-0.15, -0.1) is 0 Å². The number of hydrogen-bond donors (Lipinski definition) is 1. The number of benzene rings is 1. The fourth-order valence-corrected chi connectivity index (χ4v) is 1.67. The van der Waals surface area contributed by atoms with Crippen molar-refractivity contribution in [2.75, 3.05) is 0 Å². The number of pyridine rings is 1. The smallest absolute Gasteiger partial charge is 0.326 e. The second kappa shape index (κ2) is 5.44.